The van der Waals surface area contributed by atoms with Crippen molar-refractivity contribution in [2.24, 2.45) is 0 Å². The molecule has 6 nitrogen and oxygen atoms in total. The highest BCUT2D eigenvalue weighted by Gasteiger charge is 2.30. The predicted molar refractivity (Wildman–Crippen MR) is 138 cm³/mol. The van der Waals surface area contributed by atoms with Crippen molar-refractivity contribution in [2.75, 3.05) is 20.8 Å². The number of hydrogen-bond donors (Lipinski definition) is 1. The summed E-state index contributed by atoms with van der Waals surface area (Å²) in [6.07, 6.45) is 0.891. The van der Waals surface area contributed by atoms with Crippen LogP contribution < -0.4 is 14.8 Å². The van der Waals surface area contributed by atoms with E-state index >= 15 is 0 Å². The Morgan fingerprint density at radius 1 is 0.914 bits per heavy atom. The summed E-state index contributed by atoms with van der Waals surface area (Å²) in [5, 5.41) is 3.64. The highest BCUT2D eigenvalue weighted by Crippen LogP contribution is 2.28. The molecule has 184 valence electrons. The number of hydrogen-bond acceptors (Lipinski definition) is 4. The summed E-state index contributed by atoms with van der Waals surface area (Å²) in [6, 6.07) is 21.6. The first-order chi connectivity index (χ1) is 17.0. The zero-order chi connectivity index (χ0) is 25.2. The molecule has 0 aliphatic carbocycles. The second-order valence-electron chi connectivity index (χ2n) is 8.05. The standard InChI is InChI=1S/C28H31ClN2O4/c1-4-26(32)31(19-21-10-13-23(29)14-11-21)27(22-8-6-5-7-9-22)28(33)30-17-16-20-12-15-24(34-2)25(18-20)35-3/h5-15,18,27H,4,16-17,19H2,1-3H3,(H,30,33)/t27-/m0/s1. The van der Waals surface area contributed by atoms with Gasteiger partial charge in [-0.25, -0.2) is 0 Å². The number of amides is 2. The number of nitrogens with one attached hydrogen (secondary N) is 1. The van der Waals surface area contributed by atoms with E-state index in [4.69, 9.17) is 21.1 Å². The molecule has 3 aromatic rings. The first-order valence-electron chi connectivity index (χ1n) is 11.5. The van der Waals surface area contributed by atoms with Crippen molar-refractivity contribution in [2.45, 2.75) is 32.4 Å². The van der Waals surface area contributed by atoms with Gasteiger partial charge in [0.2, 0.25) is 11.8 Å². The van der Waals surface area contributed by atoms with Gasteiger partial charge < -0.3 is 19.7 Å². The van der Waals surface area contributed by atoms with E-state index in [2.05, 4.69) is 5.32 Å². The van der Waals surface area contributed by atoms with Gasteiger partial charge in [-0.05, 0) is 47.4 Å². The van der Waals surface area contributed by atoms with E-state index in [-0.39, 0.29) is 18.2 Å². The van der Waals surface area contributed by atoms with Crippen molar-refractivity contribution in [3.05, 3.63) is 94.5 Å². The van der Waals surface area contributed by atoms with Crippen molar-refractivity contribution in [1.82, 2.24) is 10.2 Å². The minimum Gasteiger partial charge on any atom is -0.493 e. The molecule has 3 aromatic carbocycles. The van der Waals surface area contributed by atoms with Gasteiger partial charge >= 0.3 is 0 Å². The monoisotopic (exact) mass is 494 g/mol. The molecule has 1 N–H and O–H groups in total. The lowest BCUT2D eigenvalue weighted by Crippen LogP contribution is -2.43. The van der Waals surface area contributed by atoms with E-state index in [1.165, 1.54) is 0 Å². The molecule has 0 bridgehead atoms. The van der Waals surface area contributed by atoms with E-state index < -0.39 is 6.04 Å². The Labute approximate surface area is 211 Å². The normalized spacial score (nSPS) is 11.4. The molecule has 0 saturated carbocycles. The number of carbonyl (C=O) groups is 2. The van der Waals surface area contributed by atoms with Gasteiger partial charge in [0.25, 0.3) is 0 Å². The van der Waals surface area contributed by atoms with Crippen molar-refractivity contribution >= 4 is 23.4 Å². The molecule has 0 radical (unpaired) electrons. The molecule has 0 fully saturated rings. The van der Waals surface area contributed by atoms with Gasteiger partial charge in [0, 0.05) is 24.5 Å². The minimum absolute atomic E-state index is 0.108. The Bertz CT molecular complexity index is 1120. The summed E-state index contributed by atoms with van der Waals surface area (Å²) in [4.78, 5) is 28.1. The Kier molecular flexibility index (Phi) is 9.56. The van der Waals surface area contributed by atoms with Crippen LogP contribution in [0.1, 0.15) is 36.1 Å². The third kappa shape index (κ3) is 6.99. The second-order valence-corrected chi connectivity index (χ2v) is 8.48. The van der Waals surface area contributed by atoms with Gasteiger partial charge in [0.1, 0.15) is 6.04 Å². The number of benzene rings is 3. The Hall–Kier alpha value is -3.51. The lowest BCUT2D eigenvalue weighted by atomic mass is 10.0. The summed E-state index contributed by atoms with van der Waals surface area (Å²) in [7, 11) is 3.18. The zero-order valence-corrected chi connectivity index (χ0v) is 21.0. The fraction of sp³-hybridized carbons (Fsp3) is 0.286. The van der Waals surface area contributed by atoms with Crippen LogP contribution >= 0.6 is 11.6 Å². The first-order valence-corrected chi connectivity index (χ1v) is 11.9. The first kappa shape index (κ1) is 26.1. The van der Waals surface area contributed by atoms with Crippen LogP contribution in [0.3, 0.4) is 0 Å². The van der Waals surface area contributed by atoms with Gasteiger partial charge in [0.05, 0.1) is 14.2 Å². The molecule has 0 heterocycles. The lowest BCUT2D eigenvalue weighted by Gasteiger charge is -2.31. The van der Waals surface area contributed by atoms with Gasteiger partial charge in [-0.15, -0.1) is 0 Å². The van der Waals surface area contributed by atoms with E-state index in [9.17, 15) is 9.59 Å². The highest BCUT2D eigenvalue weighted by molar-refractivity contribution is 6.30. The lowest BCUT2D eigenvalue weighted by molar-refractivity contribution is -0.141. The maximum absolute atomic E-state index is 13.5. The summed E-state index contributed by atoms with van der Waals surface area (Å²) in [5.41, 5.74) is 2.66. The third-order valence-electron chi connectivity index (χ3n) is 5.73. The van der Waals surface area contributed by atoms with Gasteiger partial charge in [-0.2, -0.15) is 0 Å². The van der Waals surface area contributed by atoms with Crippen molar-refractivity contribution < 1.29 is 19.1 Å². The van der Waals surface area contributed by atoms with E-state index in [0.717, 1.165) is 16.7 Å². The molecule has 0 saturated heterocycles. The fourth-order valence-electron chi connectivity index (χ4n) is 3.88. The SMILES string of the molecule is CCC(=O)N(Cc1ccc(Cl)cc1)[C@H](C(=O)NCCc1ccc(OC)c(OC)c1)c1ccccc1. The van der Waals surface area contributed by atoms with E-state index in [1.54, 1.807) is 38.2 Å². The molecule has 0 aliphatic rings. The Morgan fingerprint density at radius 3 is 2.20 bits per heavy atom. The molecule has 0 spiro atoms. The van der Waals surface area contributed by atoms with Crippen molar-refractivity contribution in [3.8, 4) is 11.5 Å². The molecule has 1 atom stereocenters. The molecule has 35 heavy (non-hydrogen) atoms. The quantitative estimate of drug-likeness (QED) is 0.398. The largest absolute Gasteiger partial charge is 0.493 e. The van der Waals surface area contributed by atoms with Crippen LogP contribution in [-0.2, 0) is 22.6 Å². The molecule has 7 heteroatoms. The second kappa shape index (κ2) is 12.8. The molecule has 2 amide bonds. The van der Waals surface area contributed by atoms with Crippen LogP contribution in [-0.4, -0.2) is 37.5 Å². The summed E-state index contributed by atoms with van der Waals surface area (Å²) in [5.74, 6) is 0.956. The van der Waals surface area contributed by atoms with Crippen molar-refractivity contribution in [1.29, 1.82) is 0 Å². The number of halogens is 1. The third-order valence-corrected chi connectivity index (χ3v) is 5.98. The van der Waals surface area contributed by atoms with Crippen LogP contribution in [0, 0.1) is 0 Å². The average molecular weight is 495 g/mol. The number of nitrogens with zero attached hydrogens (tertiary/aromatic N) is 1. The maximum atomic E-state index is 13.5. The number of ether oxygens (including phenoxy) is 2. The number of carbonyl (C=O) groups excluding carboxylic acids is 2. The maximum Gasteiger partial charge on any atom is 0.247 e. The molecular weight excluding hydrogens is 464 g/mol. The fourth-order valence-corrected chi connectivity index (χ4v) is 4.01. The molecule has 0 unspecified atom stereocenters. The number of methoxy groups -OCH3 is 2. The Morgan fingerprint density at radius 2 is 1.57 bits per heavy atom. The molecular formula is C28H31ClN2O4. The number of rotatable bonds is 11. The average Bonchev–Trinajstić information content (AvgIpc) is 2.89. The van der Waals surface area contributed by atoms with Crippen molar-refractivity contribution in [3.63, 3.8) is 0 Å². The van der Waals surface area contributed by atoms with Crippen LogP contribution in [0.15, 0.2) is 72.8 Å². The van der Waals surface area contributed by atoms with Crippen LogP contribution in [0.5, 0.6) is 11.5 Å². The van der Waals surface area contributed by atoms with E-state index in [0.29, 0.717) is 36.0 Å². The molecule has 0 aliphatic heterocycles. The smallest absolute Gasteiger partial charge is 0.247 e. The van der Waals surface area contributed by atoms with Gasteiger partial charge in [-0.3, -0.25) is 9.59 Å². The molecule has 3 rings (SSSR count). The summed E-state index contributed by atoms with van der Waals surface area (Å²) >= 11 is 6.03. The van der Waals surface area contributed by atoms with Crippen LogP contribution in [0.4, 0.5) is 0 Å². The van der Waals surface area contributed by atoms with Gasteiger partial charge in [-0.1, -0.05) is 67.1 Å². The van der Waals surface area contributed by atoms with E-state index in [1.807, 2.05) is 60.7 Å². The van der Waals surface area contributed by atoms with Crippen LogP contribution in [0.25, 0.3) is 0 Å². The van der Waals surface area contributed by atoms with Gasteiger partial charge in [0.15, 0.2) is 11.5 Å². The summed E-state index contributed by atoms with van der Waals surface area (Å²) < 4.78 is 10.7. The Balaban J connectivity index is 1.80. The molecule has 0 aromatic heterocycles. The zero-order valence-electron chi connectivity index (χ0n) is 20.3. The summed E-state index contributed by atoms with van der Waals surface area (Å²) in [6.45, 7) is 2.51. The minimum atomic E-state index is -0.760. The predicted octanol–water partition coefficient (Wildman–Crippen LogP) is 5.20. The highest BCUT2D eigenvalue weighted by atomic mass is 35.5. The van der Waals surface area contributed by atoms with Crippen LogP contribution in [0.2, 0.25) is 5.02 Å². The topological polar surface area (TPSA) is 67.9 Å².